The van der Waals surface area contributed by atoms with Crippen LogP contribution in [0.25, 0.3) is 0 Å². The summed E-state index contributed by atoms with van der Waals surface area (Å²) in [6, 6.07) is 7.10. The molecule has 1 N–H and O–H groups in total. The Morgan fingerprint density at radius 2 is 2.00 bits per heavy atom. The van der Waals surface area contributed by atoms with Crippen molar-refractivity contribution >= 4 is 0 Å². The molecule has 1 aromatic rings. The first-order valence-corrected chi connectivity index (χ1v) is 6.51. The first-order chi connectivity index (χ1) is 9.52. The number of alkyl halides is 3. The summed E-state index contributed by atoms with van der Waals surface area (Å²) in [6.07, 6.45) is -4.15. The average molecular weight is 283 g/mol. The Bertz CT molecular complexity index is 487. The Hall–Kier alpha value is -1.58. The van der Waals surface area contributed by atoms with Crippen molar-refractivity contribution in [2.45, 2.75) is 18.6 Å². The normalized spacial score (nSPS) is 18.5. The van der Waals surface area contributed by atoms with Crippen molar-refractivity contribution in [3.05, 3.63) is 35.4 Å². The number of nitrogens with one attached hydrogen (secondary N) is 1. The summed E-state index contributed by atoms with van der Waals surface area (Å²) in [4.78, 5) is 2.06. The molecule has 20 heavy (non-hydrogen) atoms. The van der Waals surface area contributed by atoms with Crippen LogP contribution in [0, 0.1) is 11.3 Å². The Kier molecular flexibility index (Phi) is 4.63. The molecule has 0 unspecified atom stereocenters. The molecule has 108 valence electrons. The third kappa shape index (κ3) is 3.50. The van der Waals surface area contributed by atoms with Gasteiger partial charge in [0.1, 0.15) is 0 Å². The molecule has 0 aliphatic carbocycles. The Morgan fingerprint density at radius 3 is 2.60 bits per heavy atom. The van der Waals surface area contributed by atoms with Gasteiger partial charge in [-0.15, -0.1) is 0 Å². The molecule has 0 spiro atoms. The van der Waals surface area contributed by atoms with Gasteiger partial charge in [0, 0.05) is 32.2 Å². The predicted molar refractivity (Wildman–Crippen MR) is 68.9 cm³/mol. The van der Waals surface area contributed by atoms with E-state index in [9.17, 15) is 13.2 Å². The number of halogens is 3. The number of hydrogen-bond acceptors (Lipinski definition) is 3. The molecule has 1 aromatic carbocycles. The largest absolute Gasteiger partial charge is 0.416 e. The topological polar surface area (TPSA) is 39.1 Å². The quantitative estimate of drug-likeness (QED) is 0.926. The molecule has 3 nitrogen and oxygen atoms in total. The van der Waals surface area contributed by atoms with Crippen molar-refractivity contribution in [3.63, 3.8) is 0 Å². The summed E-state index contributed by atoms with van der Waals surface area (Å²) in [6.45, 7) is 3.06. The lowest BCUT2D eigenvalue weighted by atomic mass is 9.99. The van der Waals surface area contributed by atoms with Gasteiger partial charge in [-0.3, -0.25) is 4.90 Å². The minimum atomic E-state index is -4.35. The van der Waals surface area contributed by atoms with Gasteiger partial charge in [0.2, 0.25) is 0 Å². The molecule has 0 saturated carbocycles. The van der Waals surface area contributed by atoms with Crippen LogP contribution >= 0.6 is 0 Å². The summed E-state index contributed by atoms with van der Waals surface area (Å²) in [5, 5.41) is 12.1. The zero-order valence-corrected chi connectivity index (χ0v) is 11.0. The number of rotatable bonds is 3. The molecule has 6 heteroatoms. The average Bonchev–Trinajstić information content (AvgIpc) is 2.45. The third-order valence-corrected chi connectivity index (χ3v) is 3.48. The van der Waals surface area contributed by atoms with Crippen molar-refractivity contribution in [2.24, 2.45) is 0 Å². The smallest absolute Gasteiger partial charge is 0.314 e. The second-order valence-electron chi connectivity index (χ2n) is 4.79. The molecule has 0 radical (unpaired) electrons. The lowest BCUT2D eigenvalue weighted by Crippen LogP contribution is -2.45. The highest BCUT2D eigenvalue weighted by Crippen LogP contribution is 2.32. The molecule has 1 aliphatic rings. The SMILES string of the molecule is N#CC[C@@H](c1cccc(C(F)(F)F)c1)N1CCNCC1. The number of nitrogens with zero attached hydrogens (tertiary/aromatic N) is 2. The maximum absolute atomic E-state index is 12.8. The van der Waals surface area contributed by atoms with E-state index in [1.165, 1.54) is 6.07 Å². The molecule has 1 atom stereocenters. The summed E-state index contributed by atoms with van der Waals surface area (Å²) < 4.78 is 38.3. The van der Waals surface area contributed by atoms with Crippen molar-refractivity contribution in [3.8, 4) is 6.07 Å². The van der Waals surface area contributed by atoms with Crippen LogP contribution < -0.4 is 5.32 Å². The van der Waals surface area contributed by atoms with Crippen LogP contribution in [0.4, 0.5) is 13.2 Å². The van der Waals surface area contributed by atoms with Gasteiger partial charge in [-0.1, -0.05) is 12.1 Å². The van der Waals surface area contributed by atoms with Gasteiger partial charge in [0.15, 0.2) is 0 Å². The van der Waals surface area contributed by atoms with E-state index in [-0.39, 0.29) is 12.5 Å². The molecule has 0 bridgehead atoms. The van der Waals surface area contributed by atoms with Gasteiger partial charge in [0.25, 0.3) is 0 Å². The Labute approximate surface area is 116 Å². The van der Waals surface area contributed by atoms with Crippen LogP contribution in [0.15, 0.2) is 24.3 Å². The standard InChI is InChI=1S/C14H16F3N3/c15-14(16,17)12-3-1-2-11(10-12)13(4-5-18)20-8-6-19-7-9-20/h1-3,10,13,19H,4,6-9H2/t13-/m0/s1. The van der Waals surface area contributed by atoms with Gasteiger partial charge in [-0.2, -0.15) is 18.4 Å². The maximum atomic E-state index is 12.8. The van der Waals surface area contributed by atoms with Crippen molar-refractivity contribution in [2.75, 3.05) is 26.2 Å². The van der Waals surface area contributed by atoms with E-state index in [1.54, 1.807) is 6.07 Å². The monoisotopic (exact) mass is 283 g/mol. The Balaban J connectivity index is 2.27. The highest BCUT2D eigenvalue weighted by Gasteiger charge is 2.31. The second-order valence-corrected chi connectivity index (χ2v) is 4.79. The van der Waals surface area contributed by atoms with Crippen molar-refractivity contribution in [1.29, 1.82) is 5.26 Å². The first kappa shape index (κ1) is 14.8. The highest BCUT2D eigenvalue weighted by atomic mass is 19.4. The van der Waals surface area contributed by atoms with Gasteiger partial charge >= 0.3 is 6.18 Å². The molecular formula is C14H16F3N3. The molecule has 1 aliphatic heterocycles. The minimum absolute atomic E-state index is 0.196. The maximum Gasteiger partial charge on any atom is 0.416 e. The fourth-order valence-corrected chi connectivity index (χ4v) is 2.46. The van der Waals surface area contributed by atoms with Gasteiger partial charge in [-0.25, -0.2) is 0 Å². The summed E-state index contributed by atoms with van der Waals surface area (Å²) in [5.41, 5.74) is -0.101. The van der Waals surface area contributed by atoms with Crippen LogP contribution in [-0.4, -0.2) is 31.1 Å². The van der Waals surface area contributed by atoms with Crippen LogP contribution in [0.3, 0.4) is 0 Å². The summed E-state index contributed by atoms with van der Waals surface area (Å²) in [7, 11) is 0. The van der Waals surface area contributed by atoms with E-state index in [1.807, 2.05) is 0 Å². The Morgan fingerprint density at radius 1 is 1.30 bits per heavy atom. The third-order valence-electron chi connectivity index (χ3n) is 3.48. The molecule has 1 fully saturated rings. The fraction of sp³-hybridized carbons (Fsp3) is 0.500. The molecule has 1 saturated heterocycles. The van der Waals surface area contributed by atoms with E-state index in [4.69, 9.17) is 5.26 Å². The number of nitriles is 1. The lowest BCUT2D eigenvalue weighted by molar-refractivity contribution is -0.137. The van der Waals surface area contributed by atoms with Crippen LogP contribution in [0.5, 0.6) is 0 Å². The van der Waals surface area contributed by atoms with E-state index in [0.717, 1.165) is 38.3 Å². The van der Waals surface area contributed by atoms with Crippen LogP contribution in [0.1, 0.15) is 23.6 Å². The molecule has 2 rings (SSSR count). The lowest BCUT2D eigenvalue weighted by Gasteiger charge is -2.34. The van der Waals surface area contributed by atoms with Gasteiger partial charge in [-0.05, 0) is 17.7 Å². The second kappa shape index (κ2) is 6.25. The minimum Gasteiger partial charge on any atom is -0.314 e. The fourth-order valence-electron chi connectivity index (χ4n) is 2.46. The first-order valence-electron chi connectivity index (χ1n) is 6.51. The molecule has 1 heterocycles. The van der Waals surface area contributed by atoms with Crippen LogP contribution in [0.2, 0.25) is 0 Å². The van der Waals surface area contributed by atoms with Gasteiger partial charge in [0.05, 0.1) is 18.1 Å². The van der Waals surface area contributed by atoms with E-state index in [2.05, 4.69) is 16.3 Å². The van der Waals surface area contributed by atoms with Crippen LogP contribution in [-0.2, 0) is 6.18 Å². The predicted octanol–water partition coefficient (Wildman–Crippen LogP) is 2.57. The van der Waals surface area contributed by atoms with E-state index >= 15 is 0 Å². The molecular weight excluding hydrogens is 267 g/mol. The van der Waals surface area contributed by atoms with Crippen molar-refractivity contribution in [1.82, 2.24) is 10.2 Å². The summed E-state index contributed by atoms with van der Waals surface area (Å²) in [5.74, 6) is 0. The van der Waals surface area contributed by atoms with E-state index < -0.39 is 11.7 Å². The number of hydrogen-bond donors (Lipinski definition) is 1. The zero-order valence-electron chi connectivity index (χ0n) is 11.0. The highest BCUT2D eigenvalue weighted by molar-refractivity contribution is 5.28. The van der Waals surface area contributed by atoms with E-state index in [0.29, 0.717) is 5.56 Å². The van der Waals surface area contributed by atoms with Gasteiger partial charge < -0.3 is 5.32 Å². The molecule has 0 aromatic heterocycles. The summed E-state index contributed by atoms with van der Waals surface area (Å²) >= 11 is 0. The number of benzene rings is 1. The molecule has 0 amide bonds. The number of piperazine rings is 1. The zero-order chi connectivity index (χ0) is 14.6. The van der Waals surface area contributed by atoms with Crippen molar-refractivity contribution < 1.29 is 13.2 Å².